The number of nitrogens with two attached hydrogens (primary N) is 1. The lowest BCUT2D eigenvalue weighted by Gasteiger charge is -2.11. The second-order valence-electron chi connectivity index (χ2n) is 4.86. The second-order valence-corrected chi connectivity index (χ2v) is 4.86. The molecule has 0 aromatic heterocycles. The molecule has 0 spiro atoms. The molecule has 4 nitrogen and oxygen atoms in total. The number of rotatable bonds is 5. The number of carboxylic acid groups (broad SMARTS) is 1. The van der Waals surface area contributed by atoms with Gasteiger partial charge in [0.2, 0.25) is 0 Å². The summed E-state index contributed by atoms with van der Waals surface area (Å²) in [7, 11) is 0. The third-order valence-corrected chi connectivity index (χ3v) is 3.29. The zero-order valence-corrected chi connectivity index (χ0v) is 11.7. The Morgan fingerprint density at radius 1 is 1.29 bits per heavy atom. The molecule has 0 unspecified atom stereocenters. The van der Waals surface area contributed by atoms with Crippen LogP contribution in [-0.2, 0) is 6.42 Å². The fraction of sp³-hybridized carbons (Fsp3) is 0.188. The Hall–Kier alpha value is -2.56. The van der Waals surface area contributed by atoms with Crippen LogP contribution in [0, 0.1) is 12.7 Å². The van der Waals surface area contributed by atoms with E-state index in [-0.39, 0.29) is 11.4 Å². The summed E-state index contributed by atoms with van der Waals surface area (Å²) >= 11 is 0. The molecule has 0 aliphatic heterocycles. The van der Waals surface area contributed by atoms with E-state index < -0.39 is 5.97 Å². The first kappa shape index (κ1) is 14.8. The van der Waals surface area contributed by atoms with E-state index in [1.54, 1.807) is 18.2 Å². The van der Waals surface area contributed by atoms with Gasteiger partial charge in [-0.3, -0.25) is 0 Å². The second kappa shape index (κ2) is 6.26. The lowest BCUT2D eigenvalue weighted by Crippen LogP contribution is -2.10. The van der Waals surface area contributed by atoms with Gasteiger partial charge in [0.05, 0.1) is 11.3 Å². The first-order chi connectivity index (χ1) is 9.97. The monoisotopic (exact) mass is 288 g/mol. The molecule has 110 valence electrons. The molecule has 0 aliphatic rings. The largest absolute Gasteiger partial charge is 0.478 e. The molecule has 0 heterocycles. The summed E-state index contributed by atoms with van der Waals surface area (Å²) in [6, 6.07) is 9.27. The van der Waals surface area contributed by atoms with Crippen molar-refractivity contribution in [1.82, 2.24) is 0 Å². The number of hydrogen-bond donors (Lipinski definition) is 3. The van der Waals surface area contributed by atoms with E-state index in [0.717, 1.165) is 11.1 Å². The van der Waals surface area contributed by atoms with E-state index >= 15 is 0 Å². The molecule has 0 radical (unpaired) electrons. The van der Waals surface area contributed by atoms with Gasteiger partial charge in [-0.2, -0.15) is 0 Å². The van der Waals surface area contributed by atoms with E-state index in [4.69, 9.17) is 10.8 Å². The standard InChI is InChI=1S/C16H17FN2O2/c1-10-8-12(17)3-2-11(10)6-7-19-15-9-13(18)4-5-14(15)16(20)21/h2-5,8-9,19H,6-7,18H2,1H3,(H,20,21). The molecular weight excluding hydrogens is 271 g/mol. The molecule has 2 aromatic carbocycles. The van der Waals surface area contributed by atoms with Gasteiger partial charge in [0.15, 0.2) is 0 Å². The van der Waals surface area contributed by atoms with Crippen molar-refractivity contribution in [3.8, 4) is 0 Å². The van der Waals surface area contributed by atoms with Crippen LogP contribution in [0.3, 0.4) is 0 Å². The summed E-state index contributed by atoms with van der Waals surface area (Å²) in [4.78, 5) is 11.1. The Bertz CT molecular complexity index is 671. The number of anilines is 2. The number of hydrogen-bond acceptors (Lipinski definition) is 3. The van der Waals surface area contributed by atoms with Crippen LogP contribution in [0.5, 0.6) is 0 Å². The van der Waals surface area contributed by atoms with Crippen LogP contribution in [0.4, 0.5) is 15.8 Å². The zero-order chi connectivity index (χ0) is 15.4. The van der Waals surface area contributed by atoms with Gasteiger partial charge in [-0.05, 0) is 54.8 Å². The Morgan fingerprint density at radius 3 is 2.71 bits per heavy atom. The normalized spacial score (nSPS) is 10.4. The van der Waals surface area contributed by atoms with Crippen molar-refractivity contribution >= 4 is 17.3 Å². The maximum absolute atomic E-state index is 13.0. The van der Waals surface area contributed by atoms with Crippen LogP contribution in [0.2, 0.25) is 0 Å². The van der Waals surface area contributed by atoms with Crippen molar-refractivity contribution in [2.75, 3.05) is 17.6 Å². The van der Waals surface area contributed by atoms with Gasteiger partial charge in [-0.15, -0.1) is 0 Å². The first-order valence-electron chi connectivity index (χ1n) is 6.59. The minimum Gasteiger partial charge on any atom is -0.478 e. The predicted molar refractivity (Wildman–Crippen MR) is 81.1 cm³/mol. The van der Waals surface area contributed by atoms with Crippen molar-refractivity contribution in [2.24, 2.45) is 0 Å². The molecule has 0 amide bonds. The van der Waals surface area contributed by atoms with Crippen molar-refractivity contribution in [2.45, 2.75) is 13.3 Å². The Kier molecular flexibility index (Phi) is 4.42. The summed E-state index contributed by atoms with van der Waals surface area (Å²) in [5.74, 6) is -1.26. The minimum atomic E-state index is -1.00. The van der Waals surface area contributed by atoms with Crippen LogP contribution in [0.15, 0.2) is 36.4 Å². The van der Waals surface area contributed by atoms with Gasteiger partial charge in [0, 0.05) is 12.2 Å². The molecule has 0 saturated carbocycles. The molecule has 2 aromatic rings. The Morgan fingerprint density at radius 2 is 2.05 bits per heavy atom. The zero-order valence-electron chi connectivity index (χ0n) is 11.7. The molecule has 0 fully saturated rings. The summed E-state index contributed by atoms with van der Waals surface area (Å²) in [5, 5.41) is 12.2. The van der Waals surface area contributed by atoms with Crippen molar-refractivity contribution < 1.29 is 14.3 Å². The van der Waals surface area contributed by atoms with Crippen molar-refractivity contribution in [3.63, 3.8) is 0 Å². The third-order valence-electron chi connectivity index (χ3n) is 3.29. The fourth-order valence-corrected chi connectivity index (χ4v) is 2.17. The highest BCUT2D eigenvalue weighted by Gasteiger charge is 2.10. The number of nitrogen functional groups attached to an aromatic ring is 1. The van der Waals surface area contributed by atoms with Crippen LogP contribution in [0.1, 0.15) is 21.5 Å². The lowest BCUT2D eigenvalue weighted by molar-refractivity contribution is 0.0698. The number of carbonyl (C=O) groups is 1. The van der Waals surface area contributed by atoms with Gasteiger partial charge < -0.3 is 16.2 Å². The van der Waals surface area contributed by atoms with Crippen LogP contribution in [-0.4, -0.2) is 17.6 Å². The maximum atomic E-state index is 13.0. The highest BCUT2D eigenvalue weighted by molar-refractivity contribution is 5.95. The van der Waals surface area contributed by atoms with Crippen LogP contribution >= 0.6 is 0 Å². The average molecular weight is 288 g/mol. The van der Waals surface area contributed by atoms with E-state index in [0.29, 0.717) is 24.3 Å². The molecule has 0 bridgehead atoms. The SMILES string of the molecule is Cc1cc(F)ccc1CCNc1cc(N)ccc1C(=O)O. The van der Waals surface area contributed by atoms with Gasteiger partial charge in [-0.25, -0.2) is 9.18 Å². The molecule has 0 saturated heterocycles. The fourth-order valence-electron chi connectivity index (χ4n) is 2.17. The highest BCUT2D eigenvalue weighted by atomic mass is 19.1. The topological polar surface area (TPSA) is 75.3 Å². The smallest absolute Gasteiger partial charge is 0.337 e. The van der Waals surface area contributed by atoms with E-state index in [1.165, 1.54) is 18.2 Å². The third kappa shape index (κ3) is 3.72. The molecule has 4 N–H and O–H groups in total. The van der Waals surface area contributed by atoms with Crippen LogP contribution < -0.4 is 11.1 Å². The predicted octanol–water partition coefficient (Wildman–Crippen LogP) is 3.07. The summed E-state index contributed by atoms with van der Waals surface area (Å²) in [5.41, 5.74) is 8.74. The Labute approximate surface area is 122 Å². The average Bonchev–Trinajstić information content (AvgIpc) is 2.41. The Balaban J connectivity index is 2.06. The number of benzene rings is 2. The minimum absolute atomic E-state index is 0.181. The quantitative estimate of drug-likeness (QED) is 0.739. The number of nitrogens with one attached hydrogen (secondary N) is 1. The summed E-state index contributed by atoms with van der Waals surface area (Å²) in [6.45, 7) is 2.39. The number of aromatic carboxylic acids is 1. The molecule has 5 heteroatoms. The van der Waals surface area contributed by atoms with Crippen LogP contribution in [0.25, 0.3) is 0 Å². The number of carboxylic acids is 1. The summed E-state index contributed by atoms with van der Waals surface area (Å²) < 4.78 is 13.0. The van der Waals surface area contributed by atoms with Gasteiger partial charge in [-0.1, -0.05) is 6.07 Å². The van der Waals surface area contributed by atoms with E-state index in [1.807, 2.05) is 6.92 Å². The van der Waals surface area contributed by atoms with Crippen molar-refractivity contribution in [1.29, 1.82) is 0 Å². The van der Waals surface area contributed by atoms with E-state index in [9.17, 15) is 9.18 Å². The lowest BCUT2D eigenvalue weighted by atomic mass is 10.1. The number of halogens is 1. The first-order valence-corrected chi connectivity index (χ1v) is 6.59. The molecule has 21 heavy (non-hydrogen) atoms. The molecule has 2 rings (SSSR count). The summed E-state index contributed by atoms with van der Waals surface area (Å²) in [6.07, 6.45) is 0.667. The maximum Gasteiger partial charge on any atom is 0.337 e. The van der Waals surface area contributed by atoms with E-state index in [2.05, 4.69) is 5.32 Å². The molecule has 0 aliphatic carbocycles. The highest BCUT2D eigenvalue weighted by Crippen LogP contribution is 2.19. The van der Waals surface area contributed by atoms with Gasteiger partial charge in [0.1, 0.15) is 5.82 Å². The van der Waals surface area contributed by atoms with Gasteiger partial charge in [0.25, 0.3) is 0 Å². The van der Waals surface area contributed by atoms with Gasteiger partial charge >= 0.3 is 5.97 Å². The molecular formula is C16H17FN2O2. The molecule has 0 atom stereocenters. The number of aryl methyl sites for hydroxylation is 1. The van der Waals surface area contributed by atoms with Crippen molar-refractivity contribution in [3.05, 3.63) is 58.9 Å².